The first-order valence-corrected chi connectivity index (χ1v) is 10.0. The molecule has 4 rings (SSSR count). The first-order chi connectivity index (χ1) is 14.1. The van der Waals surface area contributed by atoms with Crippen LogP contribution in [0.1, 0.15) is 16.7 Å². The van der Waals surface area contributed by atoms with E-state index < -0.39 is 5.97 Å². The minimum Gasteiger partial charge on any atom is -0.489 e. The van der Waals surface area contributed by atoms with E-state index in [4.69, 9.17) is 21.1 Å². The molecule has 29 heavy (non-hydrogen) atoms. The number of benzene rings is 3. The zero-order chi connectivity index (χ0) is 20.2. The molecule has 144 valence electrons. The number of halogens is 2. The molecule has 3 aromatic carbocycles. The fourth-order valence-corrected chi connectivity index (χ4v) is 3.34. The van der Waals surface area contributed by atoms with Crippen LogP contribution in [0.4, 0.5) is 0 Å². The molecule has 4 nitrogen and oxygen atoms in total. The Labute approximate surface area is 181 Å². The summed E-state index contributed by atoms with van der Waals surface area (Å²) >= 11 is 9.35. The van der Waals surface area contributed by atoms with E-state index in [9.17, 15) is 4.79 Å². The van der Waals surface area contributed by atoms with Crippen LogP contribution in [-0.4, -0.2) is 11.9 Å². The van der Waals surface area contributed by atoms with Crippen LogP contribution in [0.15, 0.2) is 88.0 Å². The Balaban J connectivity index is 1.52. The van der Waals surface area contributed by atoms with Gasteiger partial charge in [0.2, 0.25) is 5.90 Å². The van der Waals surface area contributed by atoms with E-state index in [1.165, 1.54) is 0 Å². The van der Waals surface area contributed by atoms with E-state index >= 15 is 0 Å². The zero-order valence-electron chi connectivity index (χ0n) is 15.1. The van der Waals surface area contributed by atoms with E-state index in [1.54, 1.807) is 6.08 Å². The fraction of sp³-hybridized carbons (Fsp3) is 0.0435. The molecule has 6 heteroatoms. The fourth-order valence-electron chi connectivity index (χ4n) is 2.76. The molecule has 1 aliphatic rings. The Bertz CT molecular complexity index is 1120. The average Bonchev–Trinajstić information content (AvgIpc) is 3.08. The summed E-state index contributed by atoms with van der Waals surface area (Å²) in [5.41, 5.74) is 2.78. The van der Waals surface area contributed by atoms with E-state index in [0.29, 0.717) is 17.4 Å². The Hall–Kier alpha value is -2.89. The Morgan fingerprint density at radius 2 is 1.83 bits per heavy atom. The monoisotopic (exact) mass is 467 g/mol. The summed E-state index contributed by atoms with van der Waals surface area (Å²) in [5.74, 6) is 0.489. The second-order valence-electron chi connectivity index (χ2n) is 6.30. The van der Waals surface area contributed by atoms with Gasteiger partial charge in [0.05, 0.1) is 5.56 Å². The van der Waals surface area contributed by atoms with Crippen molar-refractivity contribution in [2.45, 2.75) is 6.61 Å². The standard InChI is InChI=1S/C23H15BrClNO3/c24-20-7-2-1-6-19(20)22-26-21(23(27)29-22)13-16-4-3-5-18(12-16)28-14-15-8-10-17(25)11-9-15/h1-13H,14H2/b21-13-. The molecule has 0 aliphatic carbocycles. The molecule has 0 saturated carbocycles. The Kier molecular flexibility index (Phi) is 5.79. The molecular weight excluding hydrogens is 454 g/mol. The topological polar surface area (TPSA) is 47.9 Å². The van der Waals surface area contributed by atoms with Gasteiger partial charge in [-0.25, -0.2) is 9.79 Å². The molecule has 1 aliphatic heterocycles. The zero-order valence-corrected chi connectivity index (χ0v) is 17.5. The maximum absolute atomic E-state index is 12.2. The predicted molar refractivity (Wildman–Crippen MR) is 117 cm³/mol. The number of hydrogen-bond acceptors (Lipinski definition) is 4. The Morgan fingerprint density at radius 1 is 1.03 bits per heavy atom. The quantitative estimate of drug-likeness (QED) is 0.339. The van der Waals surface area contributed by atoms with Crippen molar-refractivity contribution in [1.29, 1.82) is 0 Å². The van der Waals surface area contributed by atoms with Crippen LogP contribution in [0.3, 0.4) is 0 Å². The van der Waals surface area contributed by atoms with Gasteiger partial charge in [-0.2, -0.15) is 0 Å². The van der Waals surface area contributed by atoms with Gasteiger partial charge in [-0.3, -0.25) is 0 Å². The van der Waals surface area contributed by atoms with Gasteiger partial charge in [0.15, 0.2) is 5.70 Å². The van der Waals surface area contributed by atoms with Gasteiger partial charge in [-0.05, 0) is 69.5 Å². The summed E-state index contributed by atoms with van der Waals surface area (Å²) in [4.78, 5) is 16.6. The third-order valence-corrected chi connectivity index (χ3v) is 5.15. The first-order valence-electron chi connectivity index (χ1n) is 8.83. The lowest BCUT2D eigenvalue weighted by Gasteiger charge is -2.07. The van der Waals surface area contributed by atoms with Gasteiger partial charge < -0.3 is 9.47 Å². The van der Waals surface area contributed by atoms with Gasteiger partial charge in [-0.15, -0.1) is 0 Å². The van der Waals surface area contributed by atoms with Gasteiger partial charge in [0.25, 0.3) is 0 Å². The molecule has 0 N–H and O–H groups in total. The van der Waals surface area contributed by atoms with Crippen LogP contribution in [0, 0.1) is 0 Å². The molecule has 1 heterocycles. The van der Waals surface area contributed by atoms with Crippen molar-refractivity contribution >= 4 is 45.5 Å². The molecule has 0 radical (unpaired) electrons. The summed E-state index contributed by atoms with van der Waals surface area (Å²) in [6.07, 6.45) is 1.68. The SMILES string of the molecule is O=C1OC(c2ccccc2Br)=N/C1=C\c1cccc(OCc2ccc(Cl)cc2)c1. The van der Waals surface area contributed by atoms with Crippen LogP contribution in [-0.2, 0) is 16.1 Å². The number of rotatable bonds is 5. The van der Waals surface area contributed by atoms with Gasteiger partial charge in [-0.1, -0.05) is 48.0 Å². The average molecular weight is 469 g/mol. The van der Waals surface area contributed by atoms with Crippen molar-refractivity contribution in [3.63, 3.8) is 0 Å². The van der Waals surface area contributed by atoms with E-state index in [1.807, 2.05) is 72.8 Å². The van der Waals surface area contributed by atoms with Crippen molar-refractivity contribution in [2.75, 3.05) is 0 Å². The van der Waals surface area contributed by atoms with Crippen LogP contribution in [0.2, 0.25) is 5.02 Å². The van der Waals surface area contributed by atoms with Gasteiger partial charge in [0.1, 0.15) is 12.4 Å². The molecule has 0 spiro atoms. The highest BCUT2D eigenvalue weighted by atomic mass is 79.9. The smallest absolute Gasteiger partial charge is 0.363 e. The Morgan fingerprint density at radius 3 is 2.62 bits per heavy atom. The number of nitrogens with zero attached hydrogens (tertiary/aromatic N) is 1. The first kappa shape index (κ1) is 19.4. The lowest BCUT2D eigenvalue weighted by atomic mass is 10.2. The number of aliphatic imine (C=N–C) groups is 1. The maximum Gasteiger partial charge on any atom is 0.363 e. The highest BCUT2D eigenvalue weighted by Gasteiger charge is 2.25. The lowest BCUT2D eigenvalue weighted by molar-refractivity contribution is -0.129. The van der Waals surface area contributed by atoms with Crippen LogP contribution >= 0.6 is 27.5 Å². The van der Waals surface area contributed by atoms with Gasteiger partial charge >= 0.3 is 5.97 Å². The van der Waals surface area contributed by atoms with Crippen molar-refractivity contribution in [3.05, 3.63) is 105 Å². The summed E-state index contributed by atoms with van der Waals surface area (Å²) in [7, 11) is 0. The summed E-state index contributed by atoms with van der Waals surface area (Å²) < 4.78 is 12.0. The predicted octanol–water partition coefficient (Wildman–Crippen LogP) is 6.03. The van der Waals surface area contributed by atoms with E-state index in [-0.39, 0.29) is 11.6 Å². The summed E-state index contributed by atoms with van der Waals surface area (Å²) in [6.45, 7) is 0.420. The molecule has 0 unspecified atom stereocenters. The molecular formula is C23H15BrClNO3. The number of esters is 1. The number of hydrogen-bond donors (Lipinski definition) is 0. The van der Waals surface area contributed by atoms with Crippen molar-refractivity contribution < 1.29 is 14.3 Å². The molecule has 0 saturated heterocycles. The highest BCUT2D eigenvalue weighted by Crippen LogP contribution is 2.25. The maximum atomic E-state index is 12.2. The normalized spacial score (nSPS) is 14.6. The summed E-state index contributed by atoms with van der Waals surface area (Å²) in [5, 5.41) is 0.688. The van der Waals surface area contributed by atoms with Crippen molar-refractivity contribution in [3.8, 4) is 5.75 Å². The van der Waals surface area contributed by atoms with E-state index in [2.05, 4.69) is 20.9 Å². The minimum atomic E-state index is -0.483. The van der Waals surface area contributed by atoms with Crippen molar-refractivity contribution in [2.24, 2.45) is 4.99 Å². The third-order valence-electron chi connectivity index (χ3n) is 4.21. The molecule has 0 atom stereocenters. The number of carbonyl (C=O) groups is 1. The second kappa shape index (κ2) is 8.64. The third kappa shape index (κ3) is 4.75. The van der Waals surface area contributed by atoms with Crippen LogP contribution in [0.5, 0.6) is 5.75 Å². The second-order valence-corrected chi connectivity index (χ2v) is 7.59. The van der Waals surface area contributed by atoms with Crippen LogP contribution < -0.4 is 4.74 Å². The molecule has 3 aromatic rings. The molecule has 0 aromatic heterocycles. The lowest BCUT2D eigenvalue weighted by Crippen LogP contribution is -2.05. The molecule has 0 fully saturated rings. The number of ether oxygens (including phenoxy) is 2. The minimum absolute atomic E-state index is 0.241. The van der Waals surface area contributed by atoms with Gasteiger partial charge in [0, 0.05) is 9.50 Å². The number of cyclic esters (lactones) is 1. The van der Waals surface area contributed by atoms with Crippen LogP contribution in [0.25, 0.3) is 6.08 Å². The largest absolute Gasteiger partial charge is 0.489 e. The molecule has 0 bridgehead atoms. The molecule has 0 amide bonds. The highest BCUT2D eigenvalue weighted by molar-refractivity contribution is 9.10. The van der Waals surface area contributed by atoms with E-state index in [0.717, 1.165) is 21.2 Å². The summed E-state index contributed by atoms with van der Waals surface area (Å²) in [6, 6.07) is 22.4. The number of carbonyl (C=O) groups excluding carboxylic acids is 1. The van der Waals surface area contributed by atoms with Crippen molar-refractivity contribution in [1.82, 2.24) is 0 Å².